The summed E-state index contributed by atoms with van der Waals surface area (Å²) < 4.78 is 5.55. The number of halogens is 1. The van der Waals surface area contributed by atoms with Crippen LogP contribution in [0.2, 0.25) is 5.02 Å². The molecule has 0 saturated carbocycles. The Balaban J connectivity index is 1.90. The molecule has 0 bridgehead atoms. The maximum Gasteiger partial charge on any atom is 0.262 e. The summed E-state index contributed by atoms with van der Waals surface area (Å²) in [4.78, 5) is 12.0. The lowest BCUT2D eigenvalue weighted by molar-refractivity contribution is -0.118. The highest BCUT2D eigenvalue weighted by Crippen LogP contribution is 2.28. The minimum atomic E-state index is -0.215. The number of hydrogen-bond acceptors (Lipinski definition) is 2. The summed E-state index contributed by atoms with van der Waals surface area (Å²) in [5.41, 5.74) is 3.04. The maximum atomic E-state index is 12.0. The van der Waals surface area contributed by atoms with Gasteiger partial charge in [-0.3, -0.25) is 4.79 Å². The first kappa shape index (κ1) is 18.3. The molecular formula is C20H24ClNO2. The fourth-order valence-corrected chi connectivity index (χ4v) is 2.40. The van der Waals surface area contributed by atoms with Gasteiger partial charge in [-0.05, 0) is 54.2 Å². The molecular weight excluding hydrogens is 322 g/mol. The first-order valence-corrected chi connectivity index (χ1v) is 8.49. The molecule has 0 fully saturated rings. The normalized spacial score (nSPS) is 11.2. The van der Waals surface area contributed by atoms with E-state index in [-0.39, 0.29) is 17.9 Å². The van der Waals surface area contributed by atoms with Gasteiger partial charge in [0.25, 0.3) is 5.91 Å². The van der Waals surface area contributed by atoms with Gasteiger partial charge in [0.1, 0.15) is 5.75 Å². The summed E-state index contributed by atoms with van der Waals surface area (Å²) in [6.45, 7) is 8.47. The summed E-state index contributed by atoms with van der Waals surface area (Å²) in [6.07, 6.45) is 1.06. The average Bonchev–Trinajstić information content (AvgIpc) is 2.57. The van der Waals surface area contributed by atoms with Gasteiger partial charge >= 0.3 is 0 Å². The van der Waals surface area contributed by atoms with Gasteiger partial charge < -0.3 is 10.1 Å². The second kappa shape index (κ2) is 7.71. The van der Waals surface area contributed by atoms with E-state index in [0.717, 1.165) is 12.0 Å². The van der Waals surface area contributed by atoms with Crippen LogP contribution in [-0.2, 0) is 10.2 Å². The predicted octanol–water partition coefficient (Wildman–Crippen LogP) is 5.35. The SMILES string of the molecule is CCC(C)(C)c1ccc(OCC(=O)Nc2ccc(C)c(Cl)c2)cc1. The van der Waals surface area contributed by atoms with Crippen LogP contribution in [-0.4, -0.2) is 12.5 Å². The number of anilines is 1. The molecule has 24 heavy (non-hydrogen) atoms. The van der Waals surface area contributed by atoms with E-state index in [9.17, 15) is 4.79 Å². The van der Waals surface area contributed by atoms with Gasteiger partial charge in [0.05, 0.1) is 0 Å². The van der Waals surface area contributed by atoms with Crippen LogP contribution in [0.4, 0.5) is 5.69 Å². The lowest BCUT2D eigenvalue weighted by atomic mass is 9.82. The molecule has 3 nitrogen and oxygen atoms in total. The van der Waals surface area contributed by atoms with Gasteiger partial charge in [0.15, 0.2) is 6.61 Å². The largest absolute Gasteiger partial charge is 0.484 e. The second-order valence-electron chi connectivity index (χ2n) is 6.56. The van der Waals surface area contributed by atoms with Gasteiger partial charge in [-0.25, -0.2) is 0 Å². The van der Waals surface area contributed by atoms with Gasteiger partial charge in [0, 0.05) is 10.7 Å². The van der Waals surface area contributed by atoms with Crippen molar-refractivity contribution in [3.05, 3.63) is 58.6 Å². The van der Waals surface area contributed by atoms with Gasteiger partial charge in [-0.15, -0.1) is 0 Å². The highest BCUT2D eigenvalue weighted by atomic mass is 35.5. The number of benzene rings is 2. The Bertz CT molecular complexity index is 708. The third kappa shape index (κ3) is 4.75. The Morgan fingerprint density at radius 1 is 1.17 bits per heavy atom. The molecule has 0 aliphatic carbocycles. The van der Waals surface area contributed by atoms with Crippen LogP contribution in [0.25, 0.3) is 0 Å². The number of nitrogens with one attached hydrogen (secondary N) is 1. The predicted molar refractivity (Wildman–Crippen MR) is 100 cm³/mol. The van der Waals surface area contributed by atoms with Crippen LogP contribution >= 0.6 is 11.6 Å². The summed E-state index contributed by atoms with van der Waals surface area (Å²) in [7, 11) is 0. The smallest absolute Gasteiger partial charge is 0.262 e. The molecule has 0 atom stereocenters. The van der Waals surface area contributed by atoms with E-state index >= 15 is 0 Å². The average molecular weight is 346 g/mol. The van der Waals surface area contributed by atoms with Crippen molar-refractivity contribution < 1.29 is 9.53 Å². The lowest BCUT2D eigenvalue weighted by Gasteiger charge is -2.23. The molecule has 0 heterocycles. The number of carbonyl (C=O) groups is 1. The van der Waals surface area contributed by atoms with E-state index in [1.165, 1.54) is 5.56 Å². The Kier molecular flexibility index (Phi) is 5.89. The first-order chi connectivity index (χ1) is 11.3. The topological polar surface area (TPSA) is 38.3 Å². The molecule has 0 spiro atoms. The van der Waals surface area contributed by atoms with Crippen molar-refractivity contribution in [3.63, 3.8) is 0 Å². The number of carbonyl (C=O) groups excluding carboxylic acids is 1. The molecule has 0 radical (unpaired) electrons. The lowest BCUT2D eigenvalue weighted by Crippen LogP contribution is -2.20. The molecule has 4 heteroatoms. The monoisotopic (exact) mass is 345 g/mol. The van der Waals surface area contributed by atoms with Crippen LogP contribution in [0.3, 0.4) is 0 Å². The van der Waals surface area contributed by atoms with Crippen molar-refractivity contribution in [3.8, 4) is 5.75 Å². The Morgan fingerprint density at radius 3 is 2.42 bits per heavy atom. The van der Waals surface area contributed by atoms with Crippen molar-refractivity contribution in [1.82, 2.24) is 0 Å². The van der Waals surface area contributed by atoms with Gasteiger partial charge in [-0.2, -0.15) is 0 Å². The molecule has 1 N–H and O–H groups in total. The highest BCUT2D eigenvalue weighted by molar-refractivity contribution is 6.31. The summed E-state index contributed by atoms with van der Waals surface area (Å²) >= 11 is 6.05. The molecule has 0 aliphatic heterocycles. The molecule has 2 aromatic rings. The number of aryl methyl sites for hydroxylation is 1. The number of ether oxygens (including phenoxy) is 1. The Hall–Kier alpha value is -2.00. The van der Waals surface area contributed by atoms with Crippen molar-refractivity contribution in [2.45, 2.75) is 39.5 Å². The second-order valence-corrected chi connectivity index (χ2v) is 6.97. The quantitative estimate of drug-likeness (QED) is 0.766. The van der Waals surface area contributed by atoms with Crippen molar-refractivity contribution >= 4 is 23.2 Å². The Morgan fingerprint density at radius 2 is 1.83 bits per heavy atom. The van der Waals surface area contributed by atoms with E-state index in [1.54, 1.807) is 6.07 Å². The molecule has 128 valence electrons. The molecule has 0 aliphatic rings. The van der Waals surface area contributed by atoms with E-state index in [2.05, 4.69) is 38.2 Å². The zero-order valence-corrected chi connectivity index (χ0v) is 15.4. The summed E-state index contributed by atoms with van der Waals surface area (Å²) in [6, 6.07) is 13.3. The van der Waals surface area contributed by atoms with Crippen molar-refractivity contribution in [1.29, 1.82) is 0 Å². The van der Waals surface area contributed by atoms with E-state index in [4.69, 9.17) is 16.3 Å². The first-order valence-electron chi connectivity index (χ1n) is 8.11. The summed E-state index contributed by atoms with van der Waals surface area (Å²) in [5, 5.41) is 3.40. The van der Waals surface area contributed by atoms with E-state index < -0.39 is 0 Å². The van der Waals surface area contributed by atoms with E-state index in [1.807, 2.05) is 31.2 Å². The zero-order chi connectivity index (χ0) is 17.7. The number of hydrogen-bond donors (Lipinski definition) is 1. The van der Waals surface area contributed by atoms with Gasteiger partial charge in [0.2, 0.25) is 0 Å². The van der Waals surface area contributed by atoms with Crippen molar-refractivity contribution in [2.24, 2.45) is 0 Å². The van der Waals surface area contributed by atoms with Crippen LogP contribution in [0, 0.1) is 6.92 Å². The van der Waals surface area contributed by atoms with E-state index in [0.29, 0.717) is 16.5 Å². The minimum absolute atomic E-state index is 0.0397. The minimum Gasteiger partial charge on any atom is -0.484 e. The van der Waals surface area contributed by atoms with Crippen LogP contribution in [0.1, 0.15) is 38.3 Å². The Labute approximate surface area is 149 Å². The molecule has 0 saturated heterocycles. The third-order valence-electron chi connectivity index (χ3n) is 4.35. The maximum absolute atomic E-state index is 12.0. The highest BCUT2D eigenvalue weighted by Gasteiger charge is 2.17. The number of amides is 1. The third-order valence-corrected chi connectivity index (χ3v) is 4.75. The fraction of sp³-hybridized carbons (Fsp3) is 0.350. The molecule has 1 amide bonds. The number of rotatable bonds is 6. The fourth-order valence-electron chi connectivity index (χ4n) is 2.22. The van der Waals surface area contributed by atoms with Crippen LogP contribution in [0.5, 0.6) is 5.75 Å². The standard InChI is InChI=1S/C20H24ClNO2/c1-5-20(3,4)15-7-10-17(11-8-15)24-13-19(23)22-16-9-6-14(2)18(21)12-16/h6-12H,5,13H2,1-4H3,(H,22,23). The molecule has 2 rings (SSSR count). The van der Waals surface area contributed by atoms with Crippen LogP contribution < -0.4 is 10.1 Å². The van der Waals surface area contributed by atoms with Crippen LogP contribution in [0.15, 0.2) is 42.5 Å². The molecule has 0 unspecified atom stereocenters. The molecule has 0 aromatic heterocycles. The van der Waals surface area contributed by atoms with Crippen molar-refractivity contribution in [2.75, 3.05) is 11.9 Å². The summed E-state index contributed by atoms with van der Waals surface area (Å²) in [5.74, 6) is 0.468. The zero-order valence-electron chi connectivity index (χ0n) is 14.7. The molecule has 2 aromatic carbocycles. The van der Waals surface area contributed by atoms with Gasteiger partial charge in [-0.1, -0.05) is 50.6 Å².